The van der Waals surface area contributed by atoms with Crippen molar-refractivity contribution >= 4 is 84.2 Å². The third-order valence-electron chi connectivity index (χ3n) is 19.4. The van der Waals surface area contributed by atoms with Crippen LogP contribution in [0.5, 0.6) is 0 Å². The van der Waals surface area contributed by atoms with Crippen LogP contribution < -0.4 is 16.7 Å². The minimum Gasteiger partial charge on any atom is -0.388 e. The Labute approximate surface area is 617 Å². The van der Waals surface area contributed by atoms with E-state index < -0.39 is 55.9 Å². The molecule has 15 rings (SSSR count). The predicted molar refractivity (Wildman–Crippen MR) is 395 cm³/mol. The number of carbonyl (C=O) groups is 3. The number of rotatable bonds is 15. The lowest BCUT2D eigenvalue weighted by Crippen LogP contribution is -2.49. The summed E-state index contributed by atoms with van der Waals surface area (Å²) in [5.74, 6) is -1.86. The molecule has 2 atom stereocenters. The van der Waals surface area contributed by atoms with Crippen LogP contribution in [0.4, 0.5) is 13.2 Å². The minimum absolute atomic E-state index is 0.0372. The molecule has 0 radical (unpaired) electrons. The number of thioether (sulfide) groups is 1. The van der Waals surface area contributed by atoms with Crippen LogP contribution in [0.15, 0.2) is 212 Å². The fraction of sp³-hybridized carbons (Fsp3) is 0.280. The van der Waals surface area contributed by atoms with Crippen molar-refractivity contribution in [1.82, 2.24) is 72.7 Å². The zero-order chi connectivity index (χ0) is 75.5. The second kappa shape index (κ2) is 31.3. The van der Waals surface area contributed by atoms with Crippen molar-refractivity contribution < 1.29 is 51.3 Å². The van der Waals surface area contributed by atoms with Crippen LogP contribution in [0.25, 0.3) is 50.2 Å². The molecule has 3 aliphatic heterocycles. The largest absolute Gasteiger partial charge is 0.388 e. The van der Waals surface area contributed by atoms with E-state index in [0.717, 1.165) is 10.6 Å². The molecule has 3 fully saturated rings. The van der Waals surface area contributed by atoms with Gasteiger partial charge in [-0.1, -0.05) is 0 Å². The smallest absolute Gasteiger partial charge is 0.264 e. The second-order valence-electron chi connectivity index (χ2n) is 26.6. The topological polar surface area (TPSA) is 314 Å². The summed E-state index contributed by atoms with van der Waals surface area (Å²) in [6.45, 7) is 2.07. The predicted octanol–water partition coefficient (Wildman–Crippen LogP) is 7.36. The molecule has 6 aromatic carbocycles. The Hall–Kier alpha value is -10.9. The number of aromatic nitrogens is 12. The standard InChI is InChI=1S/2C25H24FN5O4S.C25H24FN5O3S/c2*1-36(35)20-8-6-19(7-9-20)31-22-21(14-28-31)24(33)30(16-27-22)15-25(34)10-12-29(13-11-25)23(32)17-2-4-18(26)5-3-17;1-35-20-8-6-19(7-9-20)31-22-21(14-28-31)24(33)30(16-27-22)15-25(34)10-12-29(13-11-25)23(32)17-2-4-18(26)5-3-17/h2*2-9,14,16,34H,10-13,15H2,1H3;2-9,14,16,34H,10-13,15H2,1H3/t36-;;/m0../s1. The molecule has 0 aliphatic carbocycles. The fourth-order valence-electron chi connectivity index (χ4n) is 13.2. The summed E-state index contributed by atoms with van der Waals surface area (Å²) in [6, 6.07) is 38.0. The van der Waals surface area contributed by atoms with Gasteiger partial charge in [0.15, 0.2) is 16.9 Å². The normalized spacial score (nSPS) is 16.0. The van der Waals surface area contributed by atoms with E-state index in [1.807, 2.05) is 30.5 Å². The van der Waals surface area contributed by atoms with Crippen molar-refractivity contribution in [2.24, 2.45) is 0 Å². The number of fused-ring (bicyclic) bond motifs is 3. The first-order valence-corrected chi connectivity index (χ1v) is 38.3. The molecule has 3 amide bonds. The molecule has 552 valence electrons. The van der Waals surface area contributed by atoms with Crippen molar-refractivity contribution in [3.05, 3.63) is 248 Å². The minimum atomic E-state index is -1.18. The average Bonchev–Trinajstić information content (AvgIpc) is 1.66. The number of halogens is 3. The number of hydrogen-bond acceptors (Lipinski definition) is 18. The van der Waals surface area contributed by atoms with E-state index in [2.05, 4.69) is 30.2 Å². The number of amides is 3. The number of piperidine rings is 3. The highest BCUT2D eigenvalue weighted by Gasteiger charge is 2.38. The molecular formula is C75H72F3N15O11S3. The summed E-state index contributed by atoms with van der Waals surface area (Å²) in [7, 11) is -2.20. The third-order valence-corrected chi connectivity index (χ3v) is 22.0. The van der Waals surface area contributed by atoms with Gasteiger partial charge >= 0.3 is 0 Å². The highest BCUT2D eigenvalue weighted by molar-refractivity contribution is 7.98. The molecule has 1 unspecified atom stereocenters. The van der Waals surface area contributed by atoms with Gasteiger partial charge < -0.3 is 30.0 Å². The summed E-state index contributed by atoms with van der Waals surface area (Å²) < 4.78 is 71.6. The van der Waals surface area contributed by atoms with Gasteiger partial charge in [0.2, 0.25) is 0 Å². The van der Waals surface area contributed by atoms with Crippen LogP contribution in [-0.2, 0) is 41.2 Å². The van der Waals surface area contributed by atoms with E-state index in [0.29, 0.717) is 123 Å². The van der Waals surface area contributed by atoms with Crippen LogP contribution in [0, 0.1) is 17.5 Å². The Balaban J connectivity index is 0.000000142. The van der Waals surface area contributed by atoms with Gasteiger partial charge in [-0.15, -0.1) is 11.8 Å². The number of carbonyl (C=O) groups excluding carboxylic acids is 3. The highest BCUT2D eigenvalue weighted by Crippen LogP contribution is 2.30. The van der Waals surface area contributed by atoms with Crippen molar-refractivity contribution in [3.8, 4) is 17.1 Å². The van der Waals surface area contributed by atoms with Crippen LogP contribution in [-0.4, -0.2) is 189 Å². The Kier molecular flexibility index (Phi) is 21.7. The van der Waals surface area contributed by atoms with Crippen LogP contribution >= 0.6 is 11.8 Å². The lowest BCUT2D eigenvalue weighted by atomic mass is 9.91. The molecule has 32 heteroatoms. The molecule has 12 aromatic rings. The van der Waals surface area contributed by atoms with Gasteiger partial charge in [0.05, 0.1) is 72.1 Å². The maximum Gasteiger partial charge on any atom is 0.264 e. The zero-order valence-electron chi connectivity index (χ0n) is 58.1. The molecule has 6 aromatic heterocycles. The van der Waals surface area contributed by atoms with Gasteiger partial charge in [-0.25, -0.2) is 42.2 Å². The van der Waals surface area contributed by atoms with Gasteiger partial charge in [0.25, 0.3) is 34.4 Å². The van der Waals surface area contributed by atoms with Gasteiger partial charge in [-0.05, 0) is 190 Å². The Morgan fingerprint density at radius 2 is 0.664 bits per heavy atom. The van der Waals surface area contributed by atoms with E-state index in [1.165, 1.54) is 133 Å². The molecular weight excluding hydrogens is 1440 g/mol. The molecule has 26 nitrogen and oxygen atoms in total. The molecule has 0 saturated carbocycles. The SMILES string of the molecule is CS(=O)c1ccc(-n2ncc3c(=O)n(CC4(O)CCN(C(=O)c5ccc(F)cc5)CC4)cnc32)cc1.CSc1ccc(-n2ncc3c(=O)n(CC4(O)CCN(C(=O)c5ccc(F)cc5)CC4)cnc32)cc1.C[S@](=O)c1ccc(-n2ncc3c(=O)n(CC4(O)CCN(C(=O)c5ccc(F)cc5)CC4)cnc32)cc1. The lowest BCUT2D eigenvalue weighted by Gasteiger charge is -2.38. The van der Waals surface area contributed by atoms with Crippen LogP contribution in [0.1, 0.15) is 69.6 Å². The average molecular weight is 1510 g/mol. The quantitative estimate of drug-likeness (QED) is 0.0844. The molecule has 3 aliphatic rings. The highest BCUT2D eigenvalue weighted by atomic mass is 32.2. The van der Waals surface area contributed by atoms with Gasteiger partial charge in [0, 0.05) is 105 Å². The summed E-state index contributed by atoms with van der Waals surface area (Å²) in [4.78, 5) is 98.1. The number of aliphatic hydroxyl groups is 3. The third kappa shape index (κ3) is 16.4. The number of nitrogens with zero attached hydrogens (tertiary/aromatic N) is 15. The summed E-state index contributed by atoms with van der Waals surface area (Å²) in [6.07, 6.45) is 15.6. The van der Waals surface area contributed by atoms with Crippen LogP contribution in [0.3, 0.4) is 0 Å². The van der Waals surface area contributed by atoms with Crippen molar-refractivity contribution in [1.29, 1.82) is 0 Å². The molecule has 107 heavy (non-hydrogen) atoms. The van der Waals surface area contributed by atoms with Gasteiger partial charge in [-0.2, -0.15) is 15.3 Å². The molecule has 3 saturated heterocycles. The molecule has 3 N–H and O–H groups in total. The van der Waals surface area contributed by atoms with E-state index >= 15 is 0 Å². The Morgan fingerprint density at radius 1 is 0.411 bits per heavy atom. The van der Waals surface area contributed by atoms with Crippen molar-refractivity contribution in [2.75, 3.05) is 58.0 Å². The summed E-state index contributed by atoms with van der Waals surface area (Å²) in [5, 5.41) is 47.4. The zero-order valence-corrected chi connectivity index (χ0v) is 60.6. The first kappa shape index (κ1) is 74.4. The maximum atomic E-state index is 13.2. The summed E-state index contributed by atoms with van der Waals surface area (Å²) in [5.41, 5.74) is 0.139. The fourth-order valence-corrected chi connectivity index (χ4v) is 14.6. The van der Waals surface area contributed by atoms with E-state index in [9.17, 15) is 65.7 Å². The van der Waals surface area contributed by atoms with Gasteiger partial charge in [0.1, 0.15) is 52.6 Å². The van der Waals surface area contributed by atoms with E-state index in [-0.39, 0.29) is 79.7 Å². The Bertz CT molecular complexity index is 5290. The first-order chi connectivity index (χ1) is 51.3. The Morgan fingerprint density at radius 3 is 0.907 bits per heavy atom. The summed E-state index contributed by atoms with van der Waals surface area (Å²) >= 11 is 1.64. The molecule has 9 heterocycles. The van der Waals surface area contributed by atoms with Gasteiger partial charge in [-0.3, -0.25) is 50.9 Å². The number of hydrogen-bond donors (Lipinski definition) is 3. The second-order valence-corrected chi connectivity index (χ2v) is 30.2. The monoisotopic (exact) mass is 1510 g/mol. The van der Waals surface area contributed by atoms with Crippen LogP contribution in [0.2, 0.25) is 0 Å². The number of likely N-dealkylation sites (tertiary alicyclic amines) is 3. The van der Waals surface area contributed by atoms with E-state index in [1.54, 1.807) is 92.2 Å². The maximum absolute atomic E-state index is 13.2. The lowest BCUT2D eigenvalue weighted by molar-refractivity contribution is -0.0306. The molecule has 0 bridgehead atoms. The van der Waals surface area contributed by atoms with Crippen molar-refractivity contribution in [3.63, 3.8) is 0 Å². The van der Waals surface area contributed by atoms with E-state index in [4.69, 9.17) is 0 Å². The molecule has 0 spiro atoms. The number of benzene rings is 6. The van der Waals surface area contributed by atoms with Crippen molar-refractivity contribution in [2.45, 2.75) is 89.6 Å². The first-order valence-electron chi connectivity index (χ1n) is 34.0.